The summed E-state index contributed by atoms with van der Waals surface area (Å²) >= 11 is 5.22. The van der Waals surface area contributed by atoms with Crippen LogP contribution in [-0.4, -0.2) is 10.5 Å². The van der Waals surface area contributed by atoms with Gasteiger partial charge in [-0.05, 0) is 39.0 Å². The fourth-order valence-electron chi connectivity index (χ4n) is 1.36. The minimum Gasteiger partial charge on any atom is -0.306 e. The van der Waals surface area contributed by atoms with Crippen molar-refractivity contribution in [2.45, 2.75) is 32.9 Å². The van der Waals surface area contributed by atoms with Crippen LogP contribution < -0.4 is 5.32 Å². The number of thiazole rings is 1. The Balaban J connectivity index is 2.20. The van der Waals surface area contributed by atoms with Crippen LogP contribution in [0.15, 0.2) is 22.7 Å². The van der Waals surface area contributed by atoms with Crippen molar-refractivity contribution in [3.8, 4) is 0 Å². The van der Waals surface area contributed by atoms with Crippen molar-refractivity contribution in [1.29, 1.82) is 0 Å². The number of nitrogens with zero attached hydrogens (tertiary/aromatic N) is 1. The lowest BCUT2D eigenvalue weighted by molar-refractivity contribution is 0.424. The molecule has 0 aliphatic heterocycles. The fraction of sp³-hybridized carbons (Fsp3) is 0.417. The summed E-state index contributed by atoms with van der Waals surface area (Å²) < 4.78 is 2.35. The van der Waals surface area contributed by atoms with Crippen molar-refractivity contribution in [3.63, 3.8) is 0 Å². The van der Waals surface area contributed by atoms with Gasteiger partial charge in [0.05, 0.1) is 10.2 Å². The summed E-state index contributed by atoms with van der Waals surface area (Å²) in [4.78, 5) is 4.59. The van der Waals surface area contributed by atoms with Gasteiger partial charge in [0, 0.05) is 16.6 Å². The molecular weight excluding hydrogens is 284 g/mol. The number of fused-ring (bicyclic) bond motifs is 1. The van der Waals surface area contributed by atoms with Crippen molar-refractivity contribution in [1.82, 2.24) is 10.3 Å². The number of nitrogens with one attached hydrogen (secondary N) is 1. The molecular formula is C12H15BrN2S. The fourth-order valence-corrected chi connectivity index (χ4v) is 2.82. The molecule has 2 rings (SSSR count). The van der Waals surface area contributed by atoms with Gasteiger partial charge in [-0.3, -0.25) is 0 Å². The van der Waals surface area contributed by atoms with Gasteiger partial charge in [0.1, 0.15) is 5.01 Å². The Morgan fingerprint density at radius 1 is 1.38 bits per heavy atom. The van der Waals surface area contributed by atoms with Crippen molar-refractivity contribution in [3.05, 3.63) is 27.7 Å². The summed E-state index contributed by atoms with van der Waals surface area (Å²) in [5.41, 5.74) is 1.22. The first kappa shape index (κ1) is 12.0. The van der Waals surface area contributed by atoms with E-state index in [1.165, 1.54) is 4.70 Å². The highest BCUT2D eigenvalue weighted by Crippen LogP contribution is 2.25. The van der Waals surface area contributed by atoms with Crippen LogP contribution in [0.5, 0.6) is 0 Å². The minimum atomic E-state index is 0.137. The molecule has 0 bridgehead atoms. The number of hydrogen-bond acceptors (Lipinski definition) is 3. The van der Waals surface area contributed by atoms with Crippen LogP contribution in [0.25, 0.3) is 10.2 Å². The van der Waals surface area contributed by atoms with Crippen molar-refractivity contribution in [2.75, 3.05) is 0 Å². The first-order chi connectivity index (χ1) is 7.44. The van der Waals surface area contributed by atoms with Gasteiger partial charge in [0.15, 0.2) is 0 Å². The van der Waals surface area contributed by atoms with Gasteiger partial charge in [-0.1, -0.05) is 15.9 Å². The summed E-state index contributed by atoms with van der Waals surface area (Å²) in [6.07, 6.45) is 0. The molecule has 2 aromatic rings. The Labute approximate surface area is 108 Å². The predicted molar refractivity (Wildman–Crippen MR) is 73.9 cm³/mol. The number of halogens is 1. The van der Waals surface area contributed by atoms with E-state index in [1.807, 2.05) is 6.07 Å². The topological polar surface area (TPSA) is 24.9 Å². The highest BCUT2D eigenvalue weighted by molar-refractivity contribution is 9.10. The Hall–Kier alpha value is -0.450. The zero-order valence-electron chi connectivity index (χ0n) is 9.67. The predicted octanol–water partition coefficient (Wildman–Crippen LogP) is 3.95. The van der Waals surface area contributed by atoms with Gasteiger partial charge in [0.2, 0.25) is 0 Å². The number of aromatic nitrogens is 1. The van der Waals surface area contributed by atoms with E-state index < -0.39 is 0 Å². The standard InChI is InChI=1S/C12H15BrN2S/c1-12(2,3)14-7-11-15-9-5-4-8(13)6-10(9)16-11/h4-6,14H,7H2,1-3H3. The monoisotopic (exact) mass is 298 g/mol. The molecule has 16 heavy (non-hydrogen) atoms. The average molecular weight is 299 g/mol. The summed E-state index contributed by atoms with van der Waals surface area (Å²) in [7, 11) is 0. The van der Waals surface area contributed by atoms with Crippen LogP contribution in [0.1, 0.15) is 25.8 Å². The normalized spacial score (nSPS) is 12.2. The van der Waals surface area contributed by atoms with E-state index in [9.17, 15) is 0 Å². The molecule has 1 aromatic heterocycles. The van der Waals surface area contributed by atoms with Gasteiger partial charge in [-0.25, -0.2) is 4.98 Å². The second-order valence-corrected chi connectivity index (χ2v) is 6.85. The largest absolute Gasteiger partial charge is 0.306 e. The highest BCUT2D eigenvalue weighted by Gasteiger charge is 2.10. The Bertz CT molecular complexity index is 499. The molecule has 1 heterocycles. The maximum absolute atomic E-state index is 4.59. The maximum atomic E-state index is 4.59. The van der Waals surface area contributed by atoms with Gasteiger partial charge in [-0.15, -0.1) is 11.3 Å². The molecule has 0 saturated heterocycles. The molecule has 0 saturated carbocycles. The lowest BCUT2D eigenvalue weighted by Crippen LogP contribution is -2.34. The highest BCUT2D eigenvalue weighted by atomic mass is 79.9. The molecule has 0 unspecified atom stereocenters. The van der Waals surface area contributed by atoms with Crippen LogP contribution in [0.3, 0.4) is 0 Å². The molecule has 0 radical (unpaired) electrons. The van der Waals surface area contributed by atoms with Crippen LogP contribution in [0.4, 0.5) is 0 Å². The quantitative estimate of drug-likeness (QED) is 0.908. The Morgan fingerprint density at radius 3 is 2.81 bits per heavy atom. The van der Waals surface area contributed by atoms with E-state index in [0.717, 1.165) is 21.5 Å². The second-order valence-electron chi connectivity index (χ2n) is 4.82. The molecule has 1 aromatic carbocycles. The molecule has 0 spiro atoms. The van der Waals surface area contributed by atoms with Crippen LogP contribution in [0, 0.1) is 0 Å². The summed E-state index contributed by atoms with van der Waals surface area (Å²) in [5.74, 6) is 0. The molecule has 0 atom stereocenters. The molecule has 1 N–H and O–H groups in total. The van der Waals surface area contributed by atoms with Crippen LogP contribution in [0.2, 0.25) is 0 Å². The average Bonchev–Trinajstić information content (AvgIpc) is 2.55. The minimum absolute atomic E-state index is 0.137. The summed E-state index contributed by atoms with van der Waals surface area (Å²) in [5, 5.41) is 4.59. The van der Waals surface area contributed by atoms with Crippen molar-refractivity contribution in [2.24, 2.45) is 0 Å². The molecule has 86 valence electrons. The van der Waals surface area contributed by atoms with Gasteiger partial charge in [-0.2, -0.15) is 0 Å². The number of benzene rings is 1. The molecule has 0 amide bonds. The molecule has 0 fully saturated rings. The lowest BCUT2D eigenvalue weighted by Gasteiger charge is -2.19. The van der Waals surface area contributed by atoms with Gasteiger partial charge >= 0.3 is 0 Å². The Kier molecular flexibility index (Phi) is 3.33. The van der Waals surface area contributed by atoms with Crippen LogP contribution >= 0.6 is 27.3 Å². The third-order valence-electron chi connectivity index (χ3n) is 2.16. The van der Waals surface area contributed by atoms with Gasteiger partial charge in [0.25, 0.3) is 0 Å². The molecule has 0 aliphatic rings. The SMILES string of the molecule is CC(C)(C)NCc1nc2ccc(Br)cc2s1. The zero-order chi connectivity index (χ0) is 11.8. The number of hydrogen-bond donors (Lipinski definition) is 1. The lowest BCUT2D eigenvalue weighted by atomic mass is 10.1. The van der Waals surface area contributed by atoms with E-state index in [1.54, 1.807) is 11.3 Å². The van der Waals surface area contributed by atoms with Crippen LogP contribution in [-0.2, 0) is 6.54 Å². The van der Waals surface area contributed by atoms with E-state index in [4.69, 9.17) is 0 Å². The Morgan fingerprint density at radius 2 is 2.12 bits per heavy atom. The van der Waals surface area contributed by atoms with E-state index in [0.29, 0.717) is 0 Å². The zero-order valence-corrected chi connectivity index (χ0v) is 12.1. The smallest absolute Gasteiger partial charge is 0.108 e. The number of rotatable bonds is 2. The van der Waals surface area contributed by atoms with Crippen molar-refractivity contribution >= 4 is 37.5 Å². The first-order valence-electron chi connectivity index (χ1n) is 5.24. The third kappa shape index (κ3) is 3.03. The maximum Gasteiger partial charge on any atom is 0.108 e. The second kappa shape index (κ2) is 4.43. The molecule has 4 heteroatoms. The summed E-state index contributed by atoms with van der Waals surface area (Å²) in [6, 6.07) is 6.20. The first-order valence-corrected chi connectivity index (χ1v) is 6.85. The van der Waals surface area contributed by atoms with E-state index in [-0.39, 0.29) is 5.54 Å². The molecule has 2 nitrogen and oxygen atoms in total. The van der Waals surface area contributed by atoms with Gasteiger partial charge < -0.3 is 5.32 Å². The summed E-state index contributed by atoms with van der Waals surface area (Å²) in [6.45, 7) is 7.32. The molecule has 0 aliphatic carbocycles. The van der Waals surface area contributed by atoms with E-state index >= 15 is 0 Å². The third-order valence-corrected chi connectivity index (χ3v) is 3.68. The van der Waals surface area contributed by atoms with Crippen molar-refractivity contribution < 1.29 is 0 Å². The van der Waals surface area contributed by atoms with E-state index in [2.05, 4.69) is 59.1 Å².